The van der Waals surface area contributed by atoms with E-state index in [1.165, 1.54) is 5.39 Å². The number of fused-ring (bicyclic) bond motifs is 1. The second-order valence-corrected chi connectivity index (χ2v) is 11.9. The highest BCUT2D eigenvalue weighted by Crippen LogP contribution is 2.32. The van der Waals surface area contributed by atoms with Crippen molar-refractivity contribution in [3.63, 3.8) is 0 Å². The van der Waals surface area contributed by atoms with Gasteiger partial charge in [0, 0.05) is 28.8 Å². The normalized spacial score (nSPS) is 13.8. The van der Waals surface area contributed by atoms with Crippen molar-refractivity contribution in [2.75, 3.05) is 0 Å². The van der Waals surface area contributed by atoms with Crippen LogP contribution >= 0.6 is 0 Å². The molecule has 3 heteroatoms. The average molecular weight is 668 g/mol. The first-order valence-corrected chi connectivity index (χ1v) is 17.4. The molecule has 4 rings (SSSR count). The maximum absolute atomic E-state index is 4.97. The number of aromatic nitrogens is 1. The summed E-state index contributed by atoms with van der Waals surface area (Å²) in [6.07, 6.45) is 28.5. The Morgan fingerprint density at radius 2 is 1.45 bits per heavy atom. The Kier molecular flexibility index (Phi) is 14.7. The predicted octanol–water partition coefficient (Wildman–Crippen LogP) is 13.3. The van der Waals surface area contributed by atoms with E-state index in [0.29, 0.717) is 18.0 Å². The van der Waals surface area contributed by atoms with Crippen molar-refractivity contribution >= 4 is 46.0 Å². The Bertz CT molecular complexity index is 2100. The van der Waals surface area contributed by atoms with E-state index >= 15 is 0 Å². The summed E-state index contributed by atoms with van der Waals surface area (Å²) in [6, 6.07) is 28.6. The lowest BCUT2D eigenvalue weighted by Gasteiger charge is -2.10. The van der Waals surface area contributed by atoms with Gasteiger partial charge in [0.25, 0.3) is 0 Å². The van der Waals surface area contributed by atoms with Gasteiger partial charge in [-0.15, -0.1) is 0 Å². The molecule has 0 aliphatic carbocycles. The highest BCUT2D eigenvalue weighted by Gasteiger charge is 2.14. The summed E-state index contributed by atoms with van der Waals surface area (Å²) in [5, 5.41) is 1.17. The summed E-state index contributed by atoms with van der Waals surface area (Å²) in [4.78, 5) is 9.87. The molecule has 0 saturated heterocycles. The summed E-state index contributed by atoms with van der Waals surface area (Å²) in [5.41, 5.74) is 10.00. The third-order valence-electron chi connectivity index (χ3n) is 8.23. The van der Waals surface area contributed by atoms with E-state index < -0.39 is 0 Å². The first-order valence-electron chi connectivity index (χ1n) is 17.4. The molecule has 0 N–H and O–H groups in total. The largest absolute Gasteiger partial charge is 0.309 e. The van der Waals surface area contributed by atoms with E-state index in [1.807, 2.05) is 74.5 Å². The molecule has 3 aromatic carbocycles. The number of nitrogens with zero attached hydrogens (tertiary/aromatic N) is 3. The third kappa shape index (κ3) is 10.5. The molecule has 0 amide bonds. The Hall–Kier alpha value is -6.06. The van der Waals surface area contributed by atoms with Gasteiger partial charge in [-0.2, -0.15) is 0 Å². The van der Waals surface area contributed by atoms with E-state index in [2.05, 4.69) is 141 Å². The monoisotopic (exact) mass is 667 g/mol. The lowest BCUT2D eigenvalue weighted by molar-refractivity contribution is 1.15. The van der Waals surface area contributed by atoms with Crippen LogP contribution in [0.5, 0.6) is 0 Å². The molecule has 256 valence electrons. The van der Waals surface area contributed by atoms with Crippen LogP contribution in [-0.4, -0.2) is 16.1 Å². The molecule has 51 heavy (non-hydrogen) atoms. The highest BCUT2D eigenvalue weighted by molar-refractivity contribution is 6.07. The number of hydrogen-bond acceptors (Lipinski definition) is 1. The fourth-order valence-electron chi connectivity index (χ4n) is 5.60. The van der Waals surface area contributed by atoms with Crippen LogP contribution < -0.4 is 0 Å². The van der Waals surface area contributed by atoms with Crippen LogP contribution in [0.2, 0.25) is 0 Å². The van der Waals surface area contributed by atoms with E-state index in [-0.39, 0.29) is 0 Å². The number of aliphatic imine (C=N–C) groups is 2. The van der Waals surface area contributed by atoms with Gasteiger partial charge >= 0.3 is 0 Å². The predicted molar refractivity (Wildman–Crippen MR) is 227 cm³/mol. The van der Waals surface area contributed by atoms with Gasteiger partial charge in [0.15, 0.2) is 0 Å². The Labute approximate surface area is 305 Å². The van der Waals surface area contributed by atoms with Gasteiger partial charge in [-0.1, -0.05) is 166 Å². The van der Waals surface area contributed by atoms with E-state index in [1.54, 1.807) is 0 Å². The minimum Gasteiger partial charge on any atom is -0.309 e. The second kappa shape index (κ2) is 19.8. The quantitative estimate of drug-likeness (QED) is 0.0686. The van der Waals surface area contributed by atoms with Crippen molar-refractivity contribution in [3.8, 4) is 0 Å². The van der Waals surface area contributed by atoms with Gasteiger partial charge < -0.3 is 4.57 Å². The lowest BCUT2D eigenvalue weighted by atomic mass is 10.0. The van der Waals surface area contributed by atoms with Crippen LogP contribution in [0.1, 0.15) is 62.9 Å². The van der Waals surface area contributed by atoms with Gasteiger partial charge in [0.2, 0.25) is 0 Å². The summed E-state index contributed by atoms with van der Waals surface area (Å²) in [5.74, 6) is 0.686. The number of hydrogen-bond donors (Lipinski definition) is 0. The average Bonchev–Trinajstić information content (AvgIpc) is 3.47. The molecule has 1 heterocycles. The first-order chi connectivity index (χ1) is 24.9. The molecule has 0 aliphatic heterocycles. The van der Waals surface area contributed by atoms with Crippen molar-refractivity contribution in [1.29, 1.82) is 0 Å². The topological polar surface area (TPSA) is 29.6 Å². The zero-order valence-corrected chi connectivity index (χ0v) is 30.5. The molecule has 0 radical (unpaired) electrons. The van der Waals surface area contributed by atoms with E-state index in [9.17, 15) is 0 Å². The maximum atomic E-state index is 4.97. The first kappa shape index (κ1) is 37.8. The van der Waals surface area contributed by atoms with Gasteiger partial charge in [-0.05, 0) is 73.8 Å². The van der Waals surface area contributed by atoms with Crippen LogP contribution in [0.25, 0.3) is 34.4 Å². The molecular weight excluding hydrogens is 619 g/mol. The standard InChI is InChI=1S/C48H49N3/c1-8-12-13-14-17-26-40(37(5)35-36-43(10-3)51-46(11-4)44(25-9-2)45-32-22-23-33-47(45)51)31-24-34-48(49-38(6)41-27-18-15-19-28-41)50-39(7)42-29-20-16-21-30-42/h9-33,35-36H,3-4,6,8,34H2,1-2,5,7H3/b13-12-,17-14-,25-9-,31-24-,37-35+,40-26-,43-36+,49-48?,50-39?. The van der Waals surface area contributed by atoms with E-state index in [0.717, 1.165) is 56.9 Å². The summed E-state index contributed by atoms with van der Waals surface area (Å²) in [7, 11) is 0. The van der Waals surface area contributed by atoms with Crippen molar-refractivity contribution in [3.05, 3.63) is 205 Å². The fraction of sp³-hybridized carbons (Fsp3) is 0.125. The van der Waals surface area contributed by atoms with Gasteiger partial charge in [0.05, 0.1) is 16.9 Å². The SMILES string of the molecule is C=C\C(=C/C=C(C)/C(/C=C\CC(=NC(=C)c1ccccc1)N=C(C)c1ccccc1)=C\C=C/C=C\CC)n1c(C=C)c(/C=C\C)c2ccccc21. The zero-order valence-electron chi connectivity index (χ0n) is 30.5. The molecular formula is C48H49N3. The third-order valence-corrected chi connectivity index (χ3v) is 8.23. The van der Waals surface area contributed by atoms with Crippen LogP contribution in [0, 0.1) is 0 Å². The molecule has 4 aromatic rings. The fourth-order valence-corrected chi connectivity index (χ4v) is 5.60. The summed E-state index contributed by atoms with van der Waals surface area (Å²) >= 11 is 0. The van der Waals surface area contributed by atoms with Crippen molar-refractivity contribution in [1.82, 2.24) is 4.57 Å². The Morgan fingerprint density at radius 3 is 2.12 bits per heavy atom. The molecule has 0 spiro atoms. The number of rotatable bonds is 15. The van der Waals surface area contributed by atoms with Crippen molar-refractivity contribution in [2.45, 2.75) is 40.5 Å². The van der Waals surface area contributed by atoms with Crippen LogP contribution in [0.3, 0.4) is 0 Å². The van der Waals surface area contributed by atoms with Gasteiger partial charge in [-0.3, -0.25) is 0 Å². The summed E-state index contributed by atoms with van der Waals surface area (Å²) < 4.78 is 2.22. The molecule has 0 aliphatic rings. The zero-order chi connectivity index (χ0) is 36.4. The van der Waals surface area contributed by atoms with Crippen molar-refractivity contribution < 1.29 is 0 Å². The van der Waals surface area contributed by atoms with Gasteiger partial charge in [0.1, 0.15) is 5.84 Å². The smallest absolute Gasteiger partial charge is 0.133 e. The molecule has 3 nitrogen and oxygen atoms in total. The van der Waals surface area contributed by atoms with Crippen LogP contribution in [0.4, 0.5) is 0 Å². The van der Waals surface area contributed by atoms with Gasteiger partial charge in [-0.25, -0.2) is 9.98 Å². The number of allylic oxidation sites excluding steroid dienone is 13. The maximum Gasteiger partial charge on any atom is 0.133 e. The minimum absolute atomic E-state index is 0.527. The molecule has 0 atom stereocenters. The number of para-hydroxylation sites is 1. The van der Waals surface area contributed by atoms with E-state index in [4.69, 9.17) is 9.98 Å². The Balaban J connectivity index is 1.73. The molecule has 0 fully saturated rings. The molecule has 0 saturated carbocycles. The number of benzene rings is 3. The second-order valence-electron chi connectivity index (χ2n) is 11.9. The minimum atomic E-state index is 0.527. The summed E-state index contributed by atoms with van der Waals surface area (Å²) in [6.45, 7) is 20.9. The van der Waals surface area contributed by atoms with Crippen LogP contribution in [0.15, 0.2) is 193 Å². The van der Waals surface area contributed by atoms with Crippen molar-refractivity contribution in [2.24, 2.45) is 9.98 Å². The lowest BCUT2D eigenvalue weighted by Crippen LogP contribution is -2.02. The Morgan fingerprint density at radius 1 is 0.765 bits per heavy atom. The molecule has 1 aromatic heterocycles. The number of amidine groups is 1. The molecule has 0 unspecified atom stereocenters. The highest BCUT2D eigenvalue weighted by atomic mass is 15.0. The molecule has 0 bridgehead atoms. The van der Waals surface area contributed by atoms with Crippen LogP contribution in [-0.2, 0) is 0 Å².